The molecule has 0 amide bonds. The predicted molar refractivity (Wildman–Crippen MR) is 50.3 cm³/mol. The lowest BCUT2D eigenvalue weighted by Gasteiger charge is -2.09. The van der Waals surface area contributed by atoms with Crippen LogP contribution in [0.25, 0.3) is 0 Å². The van der Waals surface area contributed by atoms with Gasteiger partial charge >= 0.3 is 0 Å². The molecule has 0 atom stereocenters. The van der Waals surface area contributed by atoms with Crippen molar-refractivity contribution in [2.24, 2.45) is 0 Å². The first-order valence-corrected chi connectivity index (χ1v) is 4.17. The third-order valence-electron chi connectivity index (χ3n) is 1.40. The van der Waals surface area contributed by atoms with E-state index in [2.05, 4.69) is 29.1 Å². The molecule has 0 spiro atoms. The zero-order valence-electron chi connectivity index (χ0n) is 8.05. The van der Waals surface area contributed by atoms with Gasteiger partial charge in [-0.2, -0.15) is 0 Å². The number of nitrogens with zero attached hydrogens (tertiary/aromatic N) is 2. The molecular formula is C9H15N3. The summed E-state index contributed by atoms with van der Waals surface area (Å²) in [6, 6.07) is 2.37. The average molecular weight is 165 g/mol. The van der Waals surface area contributed by atoms with Crippen LogP contribution in [0.5, 0.6) is 0 Å². The minimum Gasteiger partial charge on any atom is -0.368 e. The summed E-state index contributed by atoms with van der Waals surface area (Å²) in [5, 5.41) is 3.24. The Morgan fingerprint density at radius 2 is 1.92 bits per heavy atom. The number of hydrogen-bond acceptors (Lipinski definition) is 3. The van der Waals surface area contributed by atoms with Gasteiger partial charge in [0.05, 0.1) is 0 Å². The van der Waals surface area contributed by atoms with Crippen LogP contribution >= 0.6 is 0 Å². The summed E-state index contributed by atoms with van der Waals surface area (Å²) < 4.78 is 0. The number of aryl methyl sites for hydroxylation is 2. The minimum atomic E-state index is 0.415. The first-order chi connectivity index (χ1) is 5.58. The zero-order chi connectivity index (χ0) is 9.14. The molecule has 0 unspecified atom stereocenters. The van der Waals surface area contributed by atoms with Gasteiger partial charge in [-0.15, -0.1) is 0 Å². The Morgan fingerprint density at radius 1 is 1.25 bits per heavy atom. The lowest BCUT2D eigenvalue weighted by Crippen LogP contribution is -2.12. The Hall–Kier alpha value is -1.12. The molecule has 66 valence electrons. The van der Waals surface area contributed by atoms with Crippen molar-refractivity contribution >= 4 is 5.82 Å². The molecule has 0 aliphatic heterocycles. The predicted octanol–water partition coefficient (Wildman–Crippen LogP) is 1.91. The number of anilines is 1. The van der Waals surface area contributed by atoms with Gasteiger partial charge in [0, 0.05) is 17.8 Å². The van der Waals surface area contributed by atoms with E-state index in [1.165, 1.54) is 0 Å². The summed E-state index contributed by atoms with van der Waals surface area (Å²) in [4.78, 5) is 8.44. The second-order valence-corrected chi connectivity index (χ2v) is 3.24. The molecule has 3 heteroatoms. The Kier molecular flexibility index (Phi) is 2.63. The molecule has 1 rings (SSSR count). The molecule has 0 saturated heterocycles. The normalized spacial score (nSPS) is 10.4. The fourth-order valence-electron chi connectivity index (χ4n) is 1.09. The van der Waals surface area contributed by atoms with E-state index in [0.29, 0.717) is 6.04 Å². The number of nitrogens with one attached hydrogen (secondary N) is 1. The maximum absolute atomic E-state index is 4.25. The minimum absolute atomic E-state index is 0.415. The molecule has 1 aromatic rings. The highest BCUT2D eigenvalue weighted by Gasteiger charge is 1.98. The van der Waals surface area contributed by atoms with E-state index in [1.807, 2.05) is 19.9 Å². The van der Waals surface area contributed by atoms with E-state index in [9.17, 15) is 0 Å². The molecule has 3 nitrogen and oxygen atoms in total. The van der Waals surface area contributed by atoms with Crippen molar-refractivity contribution in [1.29, 1.82) is 0 Å². The molecule has 1 aromatic heterocycles. The van der Waals surface area contributed by atoms with Crippen molar-refractivity contribution in [2.45, 2.75) is 33.7 Å². The molecule has 12 heavy (non-hydrogen) atoms. The van der Waals surface area contributed by atoms with Crippen LogP contribution in [0.3, 0.4) is 0 Å². The Morgan fingerprint density at radius 3 is 2.42 bits per heavy atom. The Labute approximate surface area is 73.2 Å². The van der Waals surface area contributed by atoms with Crippen molar-refractivity contribution in [3.8, 4) is 0 Å². The van der Waals surface area contributed by atoms with E-state index in [1.54, 1.807) is 0 Å². The van der Waals surface area contributed by atoms with E-state index < -0.39 is 0 Å². The van der Waals surface area contributed by atoms with Crippen LogP contribution in [-0.4, -0.2) is 16.0 Å². The van der Waals surface area contributed by atoms with Crippen molar-refractivity contribution < 1.29 is 0 Å². The van der Waals surface area contributed by atoms with Gasteiger partial charge in [-0.25, -0.2) is 9.97 Å². The Bertz CT molecular complexity index is 248. The monoisotopic (exact) mass is 165 g/mol. The lowest BCUT2D eigenvalue weighted by atomic mass is 10.3. The van der Waals surface area contributed by atoms with Gasteiger partial charge in [0.1, 0.15) is 11.6 Å². The third-order valence-corrected chi connectivity index (χ3v) is 1.40. The zero-order valence-corrected chi connectivity index (χ0v) is 8.05. The van der Waals surface area contributed by atoms with Crippen LogP contribution in [0.4, 0.5) is 5.82 Å². The molecule has 1 heterocycles. The van der Waals surface area contributed by atoms with Crippen LogP contribution < -0.4 is 5.32 Å². The SMILES string of the molecule is Cc1cc(NC(C)C)nc(C)n1. The summed E-state index contributed by atoms with van der Waals surface area (Å²) in [6.45, 7) is 8.05. The van der Waals surface area contributed by atoms with Gasteiger partial charge in [0.15, 0.2) is 0 Å². The molecular weight excluding hydrogens is 150 g/mol. The van der Waals surface area contributed by atoms with E-state index >= 15 is 0 Å². The fraction of sp³-hybridized carbons (Fsp3) is 0.556. The third kappa shape index (κ3) is 2.49. The van der Waals surface area contributed by atoms with Gasteiger partial charge < -0.3 is 5.32 Å². The van der Waals surface area contributed by atoms with Gasteiger partial charge in [-0.05, 0) is 27.7 Å². The van der Waals surface area contributed by atoms with Crippen molar-refractivity contribution in [1.82, 2.24) is 9.97 Å². The van der Waals surface area contributed by atoms with Crippen molar-refractivity contribution in [3.05, 3.63) is 17.6 Å². The molecule has 0 radical (unpaired) electrons. The van der Waals surface area contributed by atoms with Crippen LogP contribution in [-0.2, 0) is 0 Å². The van der Waals surface area contributed by atoms with Crippen molar-refractivity contribution in [2.75, 3.05) is 5.32 Å². The highest BCUT2D eigenvalue weighted by atomic mass is 15.0. The summed E-state index contributed by atoms with van der Waals surface area (Å²) >= 11 is 0. The second kappa shape index (κ2) is 3.52. The standard InChI is InChI=1S/C9H15N3/c1-6(2)10-9-5-7(3)11-8(4)12-9/h5-6H,1-4H3,(H,10,11,12). The van der Waals surface area contributed by atoms with E-state index in [0.717, 1.165) is 17.3 Å². The van der Waals surface area contributed by atoms with E-state index in [-0.39, 0.29) is 0 Å². The summed E-state index contributed by atoms with van der Waals surface area (Å²) in [5.41, 5.74) is 1.01. The van der Waals surface area contributed by atoms with Gasteiger partial charge in [0.25, 0.3) is 0 Å². The number of hydrogen-bond donors (Lipinski definition) is 1. The summed E-state index contributed by atoms with van der Waals surface area (Å²) in [7, 11) is 0. The van der Waals surface area contributed by atoms with Crippen LogP contribution in [0.15, 0.2) is 6.07 Å². The molecule has 0 bridgehead atoms. The molecule has 0 saturated carbocycles. The maximum Gasteiger partial charge on any atom is 0.130 e. The molecule has 0 aliphatic carbocycles. The topological polar surface area (TPSA) is 37.8 Å². The lowest BCUT2D eigenvalue weighted by molar-refractivity contribution is 0.877. The highest BCUT2D eigenvalue weighted by Crippen LogP contribution is 2.06. The Balaban J connectivity index is 2.85. The highest BCUT2D eigenvalue weighted by molar-refractivity contribution is 5.36. The van der Waals surface area contributed by atoms with Crippen LogP contribution in [0.1, 0.15) is 25.4 Å². The first kappa shape index (κ1) is 8.97. The quantitative estimate of drug-likeness (QED) is 0.727. The first-order valence-electron chi connectivity index (χ1n) is 4.17. The van der Waals surface area contributed by atoms with Gasteiger partial charge in [-0.1, -0.05) is 0 Å². The molecule has 0 fully saturated rings. The maximum atomic E-state index is 4.25. The number of aromatic nitrogens is 2. The molecule has 0 aliphatic rings. The number of rotatable bonds is 2. The summed E-state index contributed by atoms with van der Waals surface area (Å²) in [6.07, 6.45) is 0. The van der Waals surface area contributed by atoms with Gasteiger partial charge in [-0.3, -0.25) is 0 Å². The smallest absolute Gasteiger partial charge is 0.130 e. The van der Waals surface area contributed by atoms with Crippen LogP contribution in [0, 0.1) is 13.8 Å². The molecule has 1 N–H and O–H groups in total. The second-order valence-electron chi connectivity index (χ2n) is 3.24. The largest absolute Gasteiger partial charge is 0.368 e. The summed E-state index contributed by atoms with van der Waals surface area (Å²) in [5.74, 6) is 1.73. The van der Waals surface area contributed by atoms with Crippen LogP contribution in [0.2, 0.25) is 0 Å². The fourth-order valence-corrected chi connectivity index (χ4v) is 1.09. The molecule has 0 aromatic carbocycles. The van der Waals surface area contributed by atoms with E-state index in [4.69, 9.17) is 0 Å². The average Bonchev–Trinajstić information content (AvgIpc) is 1.81. The van der Waals surface area contributed by atoms with Crippen molar-refractivity contribution in [3.63, 3.8) is 0 Å². The van der Waals surface area contributed by atoms with Gasteiger partial charge in [0.2, 0.25) is 0 Å².